The van der Waals surface area contributed by atoms with Gasteiger partial charge in [-0.2, -0.15) is 0 Å². The Labute approximate surface area is 201 Å². The lowest BCUT2D eigenvalue weighted by atomic mass is 10.1. The Bertz CT molecular complexity index is 1680. The number of Topliss-reactive ketones (excluding diaryl/α,β-unsaturated/α-hetero) is 1. The largest absolute Gasteiger partial charge is 0.376 e. The van der Waals surface area contributed by atoms with Crippen LogP contribution in [-0.2, 0) is 17.7 Å². The van der Waals surface area contributed by atoms with Gasteiger partial charge in [0.1, 0.15) is 16.7 Å². The van der Waals surface area contributed by atoms with Crippen molar-refractivity contribution in [3.63, 3.8) is 0 Å². The first-order valence-corrected chi connectivity index (χ1v) is 12.0. The number of benzene rings is 2. The highest BCUT2D eigenvalue weighted by atomic mass is 16.5. The number of aryl methyl sites for hydroxylation is 1. The molecular formula is C27H25N5O3. The Balaban J connectivity index is 1.73. The van der Waals surface area contributed by atoms with Gasteiger partial charge in [0.15, 0.2) is 17.1 Å². The van der Waals surface area contributed by atoms with Crippen molar-refractivity contribution in [2.75, 3.05) is 6.61 Å². The SMILES string of the molecule is CCc1nc2c(c(=O)n1CC1CCCO1)c1nc3ccccc3nc1n2-c1cccc(C(C)=O)c1. The minimum Gasteiger partial charge on any atom is -0.376 e. The smallest absolute Gasteiger partial charge is 0.265 e. The summed E-state index contributed by atoms with van der Waals surface area (Å²) < 4.78 is 9.42. The van der Waals surface area contributed by atoms with Crippen LogP contribution in [0.2, 0.25) is 0 Å². The van der Waals surface area contributed by atoms with Crippen LogP contribution in [0.4, 0.5) is 0 Å². The molecular weight excluding hydrogens is 442 g/mol. The van der Waals surface area contributed by atoms with Crippen LogP contribution in [0.15, 0.2) is 53.3 Å². The van der Waals surface area contributed by atoms with Gasteiger partial charge in [0, 0.05) is 24.3 Å². The van der Waals surface area contributed by atoms with Crippen LogP contribution in [0.1, 0.15) is 42.9 Å². The molecule has 35 heavy (non-hydrogen) atoms. The van der Waals surface area contributed by atoms with E-state index in [2.05, 4.69) is 0 Å². The molecule has 8 nitrogen and oxygen atoms in total. The van der Waals surface area contributed by atoms with Gasteiger partial charge in [-0.05, 0) is 44.0 Å². The third-order valence-corrected chi connectivity index (χ3v) is 6.68. The molecule has 0 bridgehead atoms. The standard InChI is InChI=1S/C27H25N5O3/c1-3-22-30-25-23(27(34)31(22)15-19-10-7-13-35-19)24-26(29-21-12-5-4-11-20(21)28-24)32(25)18-9-6-8-17(14-18)16(2)33/h4-6,8-9,11-12,14,19H,3,7,10,13,15H2,1-2H3. The Kier molecular flexibility index (Phi) is 5.18. The number of ether oxygens (including phenoxy) is 1. The lowest BCUT2D eigenvalue weighted by Crippen LogP contribution is -2.30. The number of fused-ring (bicyclic) bond motifs is 4. The van der Waals surface area contributed by atoms with Gasteiger partial charge in [-0.1, -0.05) is 31.2 Å². The fourth-order valence-corrected chi connectivity index (χ4v) is 4.93. The zero-order valence-electron chi connectivity index (χ0n) is 19.7. The molecule has 0 amide bonds. The molecule has 0 radical (unpaired) electrons. The lowest BCUT2D eigenvalue weighted by molar-refractivity contribution is 0.0952. The van der Waals surface area contributed by atoms with Crippen molar-refractivity contribution in [2.24, 2.45) is 0 Å². The molecule has 0 aliphatic carbocycles. The summed E-state index contributed by atoms with van der Waals surface area (Å²) in [4.78, 5) is 40.9. The van der Waals surface area contributed by atoms with E-state index in [1.807, 2.05) is 54.0 Å². The summed E-state index contributed by atoms with van der Waals surface area (Å²) in [6, 6.07) is 14.9. The van der Waals surface area contributed by atoms with Crippen molar-refractivity contribution in [2.45, 2.75) is 45.8 Å². The molecule has 5 aromatic rings. The Morgan fingerprint density at radius 1 is 1.06 bits per heavy atom. The number of rotatable bonds is 5. The Morgan fingerprint density at radius 2 is 1.86 bits per heavy atom. The normalized spacial score (nSPS) is 16.0. The van der Waals surface area contributed by atoms with Gasteiger partial charge in [0.05, 0.1) is 23.7 Å². The lowest BCUT2D eigenvalue weighted by Gasteiger charge is -2.16. The Hall–Kier alpha value is -3.91. The van der Waals surface area contributed by atoms with E-state index in [-0.39, 0.29) is 17.4 Å². The highest BCUT2D eigenvalue weighted by molar-refractivity contribution is 6.06. The van der Waals surface area contributed by atoms with Crippen LogP contribution in [0, 0.1) is 0 Å². The van der Waals surface area contributed by atoms with Crippen molar-refractivity contribution >= 4 is 39.0 Å². The molecule has 1 saturated heterocycles. The summed E-state index contributed by atoms with van der Waals surface area (Å²) in [6.45, 7) is 4.72. The second-order valence-electron chi connectivity index (χ2n) is 8.96. The van der Waals surface area contributed by atoms with Gasteiger partial charge < -0.3 is 4.74 Å². The van der Waals surface area contributed by atoms with Gasteiger partial charge in [-0.25, -0.2) is 15.0 Å². The van der Waals surface area contributed by atoms with Crippen molar-refractivity contribution < 1.29 is 9.53 Å². The maximum atomic E-state index is 14.0. The van der Waals surface area contributed by atoms with E-state index in [9.17, 15) is 9.59 Å². The van der Waals surface area contributed by atoms with Gasteiger partial charge >= 0.3 is 0 Å². The van der Waals surface area contributed by atoms with E-state index < -0.39 is 0 Å². The van der Waals surface area contributed by atoms with Crippen LogP contribution in [0.3, 0.4) is 0 Å². The summed E-state index contributed by atoms with van der Waals surface area (Å²) >= 11 is 0. The third-order valence-electron chi connectivity index (χ3n) is 6.68. The van der Waals surface area contributed by atoms with Crippen LogP contribution in [0.5, 0.6) is 0 Å². The molecule has 2 aromatic carbocycles. The van der Waals surface area contributed by atoms with E-state index in [1.54, 1.807) is 10.6 Å². The van der Waals surface area contributed by atoms with Gasteiger partial charge in [-0.3, -0.25) is 18.7 Å². The monoisotopic (exact) mass is 467 g/mol. The highest BCUT2D eigenvalue weighted by Crippen LogP contribution is 2.29. The van der Waals surface area contributed by atoms with E-state index in [0.29, 0.717) is 57.8 Å². The molecule has 1 fully saturated rings. The minimum absolute atomic E-state index is 0.00441. The molecule has 1 aliphatic rings. The number of carbonyl (C=O) groups is 1. The number of aromatic nitrogens is 5. The zero-order chi connectivity index (χ0) is 24.1. The van der Waals surface area contributed by atoms with Gasteiger partial charge in [0.25, 0.3) is 5.56 Å². The molecule has 0 N–H and O–H groups in total. The molecule has 8 heteroatoms. The van der Waals surface area contributed by atoms with Crippen molar-refractivity contribution in [1.29, 1.82) is 0 Å². The number of nitrogens with zero attached hydrogens (tertiary/aromatic N) is 5. The highest BCUT2D eigenvalue weighted by Gasteiger charge is 2.25. The predicted molar refractivity (Wildman–Crippen MR) is 134 cm³/mol. The number of hydrogen-bond donors (Lipinski definition) is 0. The summed E-state index contributed by atoms with van der Waals surface area (Å²) in [5, 5.41) is 0.432. The average molecular weight is 468 g/mol. The molecule has 0 spiro atoms. The maximum Gasteiger partial charge on any atom is 0.265 e. The molecule has 1 unspecified atom stereocenters. The summed E-state index contributed by atoms with van der Waals surface area (Å²) in [5.74, 6) is 0.652. The average Bonchev–Trinajstić information content (AvgIpc) is 3.49. The zero-order valence-corrected chi connectivity index (χ0v) is 19.7. The first kappa shape index (κ1) is 21.6. The van der Waals surface area contributed by atoms with Crippen LogP contribution in [-0.4, -0.2) is 42.6 Å². The third kappa shape index (κ3) is 3.52. The molecule has 0 saturated carbocycles. The molecule has 1 aliphatic heterocycles. The second-order valence-corrected chi connectivity index (χ2v) is 8.96. The van der Waals surface area contributed by atoms with Gasteiger partial charge in [-0.15, -0.1) is 0 Å². The minimum atomic E-state index is -0.140. The number of para-hydroxylation sites is 2. The fraction of sp³-hybridized carbons (Fsp3) is 0.296. The van der Waals surface area contributed by atoms with Crippen LogP contribution in [0.25, 0.3) is 38.9 Å². The molecule has 176 valence electrons. The number of ketones is 1. The fourth-order valence-electron chi connectivity index (χ4n) is 4.93. The Morgan fingerprint density at radius 3 is 2.57 bits per heavy atom. The number of hydrogen-bond acceptors (Lipinski definition) is 6. The summed E-state index contributed by atoms with van der Waals surface area (Å²) in [5.41, 5.74) is 4.14. The van der Waals surface area contributed by atoms with Crippen LogP contribution < -0.4 is 5.56 Å². The first-order valence-electron chi connectivity index (χ1n) is 12.0. The topological polar surface area (TPSA) is 91.9 Å². The summed E-state index contributed by atoms with van der Waals surface area (Å²) in [7, 11) is 0. The first-order chi connectivity index (χ1) is 17.0. The van der Waals surface area contributed by atoms with Gasteiger partial charge in [0.2, 0.25) is 0 Å². The van der Waals surface area contributed by atoms with Crippen LogP contribution >= 0.6 is 0 Å². The van der Waals surface area contributed by atoms with Crippen molar-refractivity contribution in [3.05, 3.63) is 70.3 Å². The predicted octanol–water partition coefficient (Wildman–Crippen LogP) is 4.23. The summed E-state index contributed by atoms with van der Waals surface area (Å²) in [6.07, 6.45) is 2.53. The van der Waals surface area contributed by atoms with Crippen molar-refractivity contribution in [1.82, 2.24) is 24.1 Å². The van der Waals surface area contributed by atoms with E-state index >= 15 is 0 Å². The van der Waals surface area contributed by atoms with E-state index in [0.717, 1.165) is 25.0 Å². The van der Waals surface area contributed by atoms with E-state index in [1.165, 1.54) is 6.92 Å². The number of carbonyl (C=O) groups excluding carboxylic acids is 1. The quantitative estimate of drug-likeness (QED) is 0.359. The van der Waals surface area contributed by atoms with Crippen molar-refractivity contribution in [3.8, 4) is 5.69 Å². The maximum absolute atomic E-state index is 14.0. The molecule has 4 heterocycles. The second kappa shape index (κ2) is 8.39. The molecule has 6 rings (SSSR count). The molecule has 1 atom stereocenters. The van der Waals surface area contributed by atoms with E-state index in [4.69, 9.17) is 19.7 Å². The molecule has 3 aromatic heterocycles.